The summed E-state index contributed by atoms with van der Waals surface area (Å²) >= 11 is 1.18. The van der Waals surface area contributed by atoms with E-state index < -0.39 is 17.7 Å². The van der Waals surface area contributed by atoms with E-state index in [1.807, 2.05) is 12.1 Å². The van der Waals surface area contributed by atoms with E-state index in [4.69, 9.17) is 4.74 Å². The van der Waals surface area contributed by atoms with Crippen LogP contribution in [-0.4, -0.2) is 12.6 Å². The third kappa shape index (κ3) is 6.19. The van der Waals surface area contributed by atoms with Gasteiger partial charge in [0.25, 0.3) is 0 Å². The van der Waals surface area contributed by atoms with Crippen LogP contribution in [0.5, 0.6) is 0 Å². The molecule has 25 heavy (non-hydrogen) atoms. The van der Waals surface area contributed by atoms with Crippen molar-refractivity contribution in [3.8, 4) is 0 Å². The largest absolute Gasteiger partial charge is 0.463 e. The molecule has 0 radical (unpaired) electrons. The molecule has 132 valence electrons. The molecule has 2 aromatic carbocycles. The maximum atomic E-state index is 12.7. The molecular formula is C18H16F3NO2S. The lowest BCUT2D eigenvalue weighted by Gasteiger charge is -2.10. The Morgan fingerprint density at radius 1 is 1.20 bits per heavy atom. The molecule has 3 nitrogen and oxygen atoms in total. The highest BCUT2D eigenvalue weighted by molar-refractivity contribution is 8.00. The average Bonchev–Trinajstić information content (AvgIpc) is 2.58. The summed E-state index contributed by atoms with van der Waals surface area (Å²) in [5.41, 5.74) is 0.431. The Balaban J connectivity index is 2.02. The molecule has 0 unspecified atom stereocenters. The van der Waals surface area contributed by atoms with E-state index in [1.54, 1.807) is 31.2 Å². The zero-order valence-corrected chi connectivity index (χ0v) is 14.2. The van der Waals surface area contributed by atoms with Crippen molar-refractivity contribution in [1.29, 1.82) is 0 Å². The van der Waals surface area contributed by atoms with Crippen LogP contribution in [0.4, 0.5) is 18.9 Å². The molecule has 0 heterocycles. The number of carbonyl (C=O) groups is 1. The third-order valence-corrected chi connectivity index (χ3v) is 3.86. The summed E-state index contributed by atoms with van der Waals surface area (Å²) in [7, 11) is 0. The number of hydrogen-bond acceptors (Lipinski definition) is 4. The van der Waals surface area contributed by atoms with Crippen LogP contribution in [0, 0.1) is 0 Å². The van der Waals surface area contributed by atoms with Gasteiger partial charge in [-0.05, 0) is 60.8 Å². The first kappa shape index (κ1) is 18.9. The number of hydrogen-bond donors (Lipinski definition) is 1. The minimum Gasteiger partial charge on any atom is -0.463 e. The molecule has 2 rings (SSSR count). The zero-order chi connectivity index (χ0) is 18.3. The van der Waals surface area contributed by atoms with Crippen molar-refractivity contribution in [1.82, 2.24) is 0 Å². The lowest BCUT2D eigenvalue weighted by molar-refractivity contribution is -0.138. The van der Waals surface area contributed by atoms with Gasteiger partial charge in [0.2, 0.25) is 0 Å². The maximum absolute atomic E-state index is 12.7. The summed E-state index contributed by atoms with van der Waals surface area (Å²) in [5.74, 6) is -0.428. The van der Waals surface area contributed by atoms with Gasteiger partial charge < -0.3 is 9.46 Å². The van der Waals surface area contributed by atoms with Gasteiger partial charge >= 0.3 is 12.1 Å². The Labute approximate surface area is 148 Å². The van der Waals surface area contributed by atoms with Crippen molar-refractivity contribution in [3.63, 3.8) is 0 Å². The Hall–Kier alpha value is -2.41. The van der Waals surface area contributed by atoms with Crippen LogP contribution in [0.3, 0.4) is 0 Å². The van der Waals surface area contributed by atoms with Gasteiger partial charge in [0.05, 0.1) is 12.2 Å². The molecule has 1 N–H and O–H groups in total. The Morgan fingerprint density at radius 3 is 2.68 bits per heavy atom. The minimum absolute atomic E-state index is 0.306. The molecule has 0 aliphatic heterocycles. The highest BCUT2D eigenvalue weighted by atomic mass is 32.2. The summed E-state index contributed by atoms with van der Waals surface area (Å²) < 4.78 is 45.8. The average molecular weight is 367 g/mol. The number of nitrogens with one attached hydrogen (secondary N) is 1. The quantitative estimate of drug-likeness (QED) is 0.421. The lowest BCUT2D eigenvalue weighted by Crippen LogP contribution is -2.04. The zero-order valence-electron chi connectivity index (χ0n) is 13.3. The molecule has 0 fully saturated rings. The summed E-state index contributed by atoms with van der Waals surface area (Å²) in [6.07, 6.45) is -1.43. The van der Waals surface area contributed by atoms with Crippen molar-refractivity contribution in [2.24, 2.45) is 0 Å². The fourth-order valence-corrected chi connectivity index (χ4v) is 2.62. The van der Waals surface area contributed by atoms with E-state index in [9.17, 15) is 18.0 Å². The van der Waals surface area contributed by atoms with Gasteiger partial charge in [-0.15, -0.1) is 0 Å². The summed E-state index contributed by atoms with van der Waals surface area (Å²) in [6.45, 7) is 2.03. The van der Waals surface area contributed by atoms with E-state index in [2.05, 4.69) is 4.72 Å². The van der Waals surface area contributed by atoms with Crippen LogP contribution in [0.25, 0.3) is 6.08 Å². The molecule has 0 bridgehead atoms. The second-order valence-electron chi connectivity index (χ2n) is 4.94. The van der Waals surface area contributed by atoms with Gasteiger partial charge in [0.15, 0.2) is 0 Å². The number of rotatable bonds is 6. The second kappa shape index (κ2) is 8.62. The van der Waals surface area contributed by atoms with E-state index in [0.29, 0.717) is 12.3 Å². The molecule has 0 aromatic heterocycles. The van der Waals surface area contributed by atoms with Gasteiger partial charge in [-0.1, -0.05) is 18.2 Å². The Bertz CT molecular complexity index is 760. The molecule has 2 aromatic rings. The summed E-state index contributed by atoms with van der Waals surface area (Å²) in [6, 6.07) is 12.2. The number of benzene rings is 2. The molecule has 0 saturated heterocycles. The summed E-state index contributed by atoms with van der Waals surface area (Å²) in [5, 5.41) is 0. The fourth-order valence-electron chi connectivity index (χ4n) is 1.91. The predicted molar refractivity (Wildman–Crippen MR) is 93.0 cm³/mol. The van der Waals surface area contributed by atoms with Crippen LogP contribution in [-0.2, 0) is 15.7 Å². The third-order valence-electron chi connectivity index (χ3n) is 3.03. The van der Waals surface area contributed by atoms with E-state index in [-0.39, 0.29) is 0 Å². The van der Waals surface area contributed by atoms with Crippen molar-refractivity contribution >= 4 is 29.7 Å². The van der Waals surface area contributed by atoms with Crippen LogP contribution in [0.1, 0.15) is 18.1 Å². The van der Waals surface area contributed by atoms with Crippen LogP contribution in [0.15, 0.2) is 59.5 Å². The van der Waals surface area contributed by atoms with Gasteiger partial charge in [-0.25, -0.2) is 4.79 Å². The molecule has 0 atom stereocenters. The number of carbonyl (C=O) groups excluding carboxylic acids is 1. The predicted octanol–water partition coefficient (Wildman–Crippen LogP) is 5.40. The lowest BCUT2D eigenvalue weighted by atomic mass is 10.2. The highest BCUT2D eigenvalue weighted by Crippen LogP contribution is 2.32. The molecule has 0 aliphatic carbocycles. The van der Waals surface area contributed by atoms with Gasteiger partial charge in [-0.2, -0.15) is 13.2 Å². The van der Waals surface area contributed by atoms with Crippen LogP contribution < -0.4 is 4.72 Å². The smallest absolute Gasteiger partial charge is 0.416 e. The fraction of sp³-hybridized carbons (Fsp3) is 0.167. The van der Waals surface area contributed by atoms with Crippen LogP contribution >= 0.6 is 11.9 Å². The topological polar surface area (TPSA) is 38.3 Å². The molecule has 0 spiro atoms. The first-order valence-corrected chi connectivity index (χ1v) is 8.25. The Morgan fingerprint density at radius 2 is 1.96 bits per heavy atom. The number of halogens is 3. The van der Waals surface area contributed by atoms with Crippen molar-refractivity contribution in [2.45, 2.75) is 18.0 Å². The van der Waals surface area contributed by atoms with Crippen molar-refractivity contribution in [2.75, 3.05) is 11.3 Å². The SMILES string of the molecule is CCOC(=O)/C=C/c1cccc(SNc2cccc(C(F)(F)F)c2)c1. The molecular weight excluding hydrogens is 351 g/mol. The van der Waals surface area contributed by atoms with Crippen molar-refractivity contribution < 1.29 is 22.7 Å². The maximum Gasteiger partial charge on any atom is 0.416 e. The molecule has 0 saturated carbocycles. The van der Waals surface area contributed by atoms with Gasteiger partial charge in [0, 0.05) is 16.7 Å². The number of anilines is 1. The van der Waals surface area contributed by atoms with Gasteiger partial charge in [0.1, 0.15) is 0 Å². The van der Waals surface area contributed by atoms with Crippen LogP contribution in [0.2, 0.25) is 0 Å². The normalized spacial score (nSPS) is 11.5. The highest BCUT2D eigenvalue weighted by Gasteiger charge is 2.30. The Kier molecular flexibility index (Phi) is 6.52. The standard InChI is InChI=1S/C18H16F3NO2S/c1-2-24-17(23)10-9-13-5-3-8-16(11-13)25-22-15-7-4-6-14(12-15)18(19,20)21/h3-12,22H,2H2,1H3/b10-9+. The number of alkyl halides is 3. The van der Waals surface area contributed by atoms with Gasteiger partial charge in [-0.3, -0.25) is 0 Å². The number of ether oxygens (including phenoxy) is 1. The van der Waals surface area contributed by atoms with Crippen molar-refractivity contribution in [3.05, 3.63) is 65.7 Å². The second-order valence-corrected chi connectivity index (χ2v) is 5.82. The molecule has 0 aliphatic rings. The van der Waals surface area contributed by atoms with E-state index in [0.717, 1.165) is 22.6 Å². The number of esters is 1. The minimum atomic E-state index is -4.37. The first-order chi connectivity index (χ1) is 11.9. The molecule has 7 heteroatoms. The van der Waals surface area contributed by atoms with E-state index >= 15 is 0 Å². The first-order valence-electron chi connectivity index (χ1n) is 7.43. The van der Waals surface area contributed by atoms with E-state index in [1.165, 1.54) is 24.1 Å². The summed E-state index contributed by atoms with van der Waals surface area (Å²) in [4.78, 5) is 12.1. The molecule has 0 amide bonds. The monoisotopic (exact) mass is 367 g/mol.